The summed E-state index contributed by atoms with van der Waals surface area (Å²) in [6, 6.07) is 6.88. The molecule has 4 N–H and O–H groups in total. The molecule has 0 heterocycles. The topological polar surface area (TPSA) is 101 Å². The molecule has 0 aliphatic rings. The van der Waals surface area contributed by atoms with E-state index in [2.05, 4.69) is 10.6 Å². The van der Waals surface area contributed by atoms with Crippen LogP contribution < -0.4 is 16.4 Å². The Balaban J connectivity index is 2.50. The molecule has 0 spiro atoms. The Morgan fingerprint density at radius 1 is 1.17 bits per heavy atom. The molecule has 1 aromatic carbocycles. The number of anilines is 1. The summed E-state index contributed by atoms with van der Waals surface area (Å²) >= 11 is 0. The molecule has 0 unspecified atom stereocenters. The molecule has 0 saturated carbocycles. The molecule has 18 heavy (non-hydrogen) atoms. The van der Waals surface area contributed by atoms with E-state index in [1.165, 1.54) is 6.92 Å². The van der Waals surface area contributed by atoms with Crippen LogP contribution in [0.2, 0.25) is 0 Å². The second-order valence-electron chi connectivity index (χ2n) is 3.80. The smallest absolute Gasteiger partial charge is 0.236 e. The standard InChI is InChI=1S/C12H15N3O3/c1-8(16)15-10-4-2-9(3-5-10)6-12(18)14-7-11(13)17/h2-5H,6-7H2,1H3,(H2,13,17)(H,14,18)(H,15,16). The molecular weight excluding hydrogens is 234 g/mol. The van der Waals surface area contributed by atoms with Crippen LogP contribution in [0.5, 0.6) is 0 Å². The fourth-order valence-corrected chi connectivity index (χ4v) is 1.34. The highest BCUT2D eigenvalue weighted by molar-refractivity contribution is 5.89. The van der Waals surface area contributed by atoms with Gasteiger partial charge >= 0.3 is 0 Å². The Hall–Kier alpha value is -2.37. The van der Waals surface area contributed by atoms with E-state index in [9.17, 15) is 14.4 Å². The van der Waals surface area contributed by atoms with Crippen LogP contribution in [0.4, 0.5) is 5.69 Å². The lowest BCUT2D eigenvalue weighted by atomic mass is 10.1. The van der Waals surface area contributed by atoms with E-state index < -0.39 is 5.91 Å². The average molecular weight is 249 g/mol. The van der Waals surface area contributed by atoms with Gasteiger partial charge in [-0.25, -0.2) is 0 Å². The summed E-state index contributed by atoms with van der Waals surface area (Å²) < 4.78 is 0. The van der Waals surface area contributed by atoms with E-state index in [-0.39, 0.29) is 24.8 Å². The molecule has 1 rings (SSSR count). The maximum Gasteiger partial charge on any atom is 0.236 e. The number of rotatable bonds is 5. The van der Waals surface area contributed by atoms with Crippen LogP contribution in [0.15, 0.2) is 24.3 Å². The molecular formula is C12H15N3O3. The minimum Gasteiger partial charge on any atom is -0.368 e. The Morgan fingerprint density at radius 3 is 2.28 bits per heavy atom. The minimum atomic E-state index is -0.579. The van der Waals surface area contributed by atoms with E-state index in [0.29, 0.717) is 5.69 Å². The minimum absolute atomic E-state index is 0.151. The second kappa shape index (κ2) is 6.39. The molecule has 1 aromatic rings. The van der Waals surface area contributed by atoms with Gasteiger partial charge in [0.1, 0.15) is 0 Å². The lowest BCUT2D eigenvalue weighted by Crippen LogP contribution is -2.34. The van der Waals surface area contributed by atoms with Crippen molar-refractivity contribution in [2.45, 2.75) is 13.3 Å². The van der Waals surface area contributed by atoms with Crippen LogP contribution in [-0.4, -0.2) is 24.3 Å². The van der Waals surface area contributed by atoms with Crippen LogP contribution in [0.25, 0.3) is 0 Å². The van der Waals surface area contributed by atoms with Crippen molar-refractivity contribution < 1.29 is 14.4 Å². The Morgan fingerprint density at radius 2 is 1.78 bits per heavy atom. The molecule has 0 bridgehead atoms. The van der Waals surface area contributed by atoms with Crippen LogP contribution in [0, 0.1) is 0 Å². The zero-order valence-electron chi connectivity index (χ0n) is 10.0. The molecule has 0 aliphatic carbocycles. The van der Waals surface area contributed by atoms with Crippen LogP contribution in [-0.2, 0) is 20.8 Å². The zero-order valence-corrected chi connectivity index (χ0v) is 10.0. The maximum absolute atomic E-state index is 11.4. The third-order valence-corrected chi connectivity index (χ3v) is 2.10. The molecule has 0 atom stereocenters. The van der Waals surface area contributed by atoms with Gasteiger partial charge in [0.25, 0.3) is 0 Å². The first kappa shape index (κ1) is 13.7. The first-order chi connectivity index (χ1) is 8.47. The molecule has 6 nitrogen and oxygen atoms in total. The SMILES string of the molecule is CC(=O)Nc1ccc(CC(=O)NCC(N)=O)cc1. The van der Waals surface area contributed by atoms with Crippen LogP contribution >= 0.6 is 0 Å². The normalized spacial score (nSPS) is 9.61. The number of benzene rings is 1. The Kier molecular flexibility index (Phi) is 4.86. The van der Waals surface area contributed by atoms with Crippen molar-refractivity contribution in [3.05, 3.63) is 29.8 Å². The van der Waals surface area contributed by atoms with Crippen LogP contribution in [0.3, 0.4) is 0 Å². The van der Waals surface area contributed by atoms with Crippen molar-refractivity contribution in [2.75, 3.05) is 11.9 Å². The van der Waals surface area contributed by atoms with Gasteiger partial charge in [0.15, 0.2) is 0 Å². The predicted molar refractivity (Wildman–Crippen MR) is 66.7 cm³/mol. The summed E-state index contributed by atoms with van der Waals surface area (Å²) in [5, 5.41) is 5.02. The largest absolute Gasteiger partial charge is 0.368 e. The van der Waals surface area contributed by atoms with Crippen molar-refractivity contribution in [3.63, 3.8) is 0 Å². The lowest BCUT2D eigenvalue weighted by molar-refractivity contribution is -0.124. The van der Waals surface area contributed by atoms with E-state index in [1.54, 1.807) is 24.3 Å². The third-order valence-electron chi connectivity index (χ3n) is 2.10. The number of carbonyl (C=O) groups is 3. The molecule has 3 amide bonds. The number of nitrogens with one attached hydrogen (secondary N) is 2. The van der Waals surface area contributed by atoms with Crippen molar-refractivity contribution >= 4 is 23.4 Å². The number of primary amides is 1. The predicted octanol–water partition coefficient (Wildman–Crippen LogP) is -0.211. The van der Waals surface area contributed by atoms with Crippen molar-refractivity contribution in [2.24, 2.45) is 5.73 Å². The van der Waals surface area contributed by atoms with E-state index in [1.807, 2.05) is 0 Å². The van der Waals surface area contributed by atoms with Gasteiger partial charge in [-0.15, -0.1) is 0 Å². The van der Waals surface area contributed by atoms with Gasteiger partial charge in [-0.05, 0) is 17.7 Å². The first-order valence-electron chi connectivity index (χ1n) is 5.39. The first-order valence-corrected chi connectivity index (χ1v) is 5.39. The number of hydrogen-bond donors (Lipinski definition) is 3. The van der Waals surface area contributed by atoms with E-state index in [4.69, 9.17) is 5.73 Å². The fourth-order valence-electron chi connectivity index (χ4n) is 1.34. The summed E-state index contributed by atoms with van der Waals surface area (Å²) in [4.78, 5) is 32.7. The molecule has 96 valence electrons. The number of amides is 3. The molecule has 0 fully saturated rings. The maximum atomic E-state index is 11.4. The summed E-state index contributed by atoms with van der Waals surface area (Å²) in [6.45, 7) is 1.26. The highest BCUT2D eigenvalue weighted by Gasteiger charge is 2.04. The second-order valence-corrected chi connectivity index (χ2v) is 3.80. The monoisotopic (exact) mass is 249 g/mol. The summed E-state index contributed by atoms with van der Waals surface area (Å²) in [5.74, 6) is -1.01. The molecule has 0 radical (unpaired) electrons. The van der Waals surface area contributed by atoms with Gasteiger partial charge in [0, 0.05) is 12.6 Å². The van der Waals surface area contributed by atoms with Crippen molar-refractivity contribution in [3.8, 4) is 0 Å². The average Bonchev–Trinajstić information content (AvgIpc) is 2.28. The quantitative estimate of drug-likeness (QED) is 0.672. The zero-order chi connectivity index (χ0) is 13.5. The summed E-state index contributed by atoms with van der Waals surface area (Å²) in [6.07, 6.45) is 0.160. The fraction of sp³-hybridized carbons (Fsp3) is 0.250. The number of carbonyl (C=O) groups excluding carboxylic acids is 3. The van der Waals surface area contributed by atoms with E-state index >= 15 is 0 Å². The van der Waals surface area contributed by atoms with Gasteiger partial charge in [-0.1, -0.05) is 12.1 Å². The highest BCUT2D eigenvalue weighted by atomic mass is 16.2. The number of hydrogen-bond acceptors (Lipinski definition) is 3. The highest BCUT2D eigenvalue weighted by Crippen LogP contribution is 2.09. The van der Waals surface area contributed by atoms with Gasteiger partial charge in [0.05, 0.1) is 13.0 Å². The van der Waals surface area contributed by atoms with E-state index in [0.717, 1.165) is 5.56 Å². The van der Waals surface area contributed by atoms with Gasteiger partial charge in [-0.3, -0.25) is 14.4 Å². The molecule has 0 saturated heterocycles. The molecule has 6 heteroatoms. The van der Waals surface area contributed by atoms with Gasteiger partial charge in [0.2, 0.25) is 17.7 Å². The number of nitrogens with two attached hydrogens (primary N) is 1. The van der Waals surface area contributed by atoms with Crippen LogP contribution in [0.1, 0.15) is 12.5 Å². The Labute approximate surface area is 105 Å². The Bertz CT molecular complexity index is 454. The molecule has 0 aliphatic heterocycles. The van der Waals surface area contributed by atoms with Crippen molar-refractivity contribution in [1.29, 1.82) is 0 Å². The van der Waals surface area contributed by atoms with Crippen molar-refractivity contribution in [1.82, 2.24) is 5.32 Å². The third kappa shape index (κ3) is 5.11. The van der Waals surface area contributed by atoms with Gasteiger partial charge in [-0.2, -0.15) is 0 Å². The van der Waals surface area contributed by atoms with Gasteiger partial charge < -0.3 is 16.4 Å². The lowest BCUT2D eigenvalue weighted by Gasteiger charge is -2.05. The summed E-state index contributed by atoms with van der Waals surface area (Å²) in [7, 11) is 0. The summed E-state index contributed by atoms with van der Waals surface area (Å²) in [5.41, 5.74) is 6.36. The molecule has 0 aromatic heterocycles.